The Kier molecular flexibility index (Phi) is 2.47. The lowest BCUT2D eigenvalue weighted by molar-refractivity contribution is 0.0684. The molecule has 4 nitrogen and oxygen atoms in total. The van der Waals surface area contributed by atoms with Gasteiger partial charge in [0.05, 0.1) is 22.5 Å². The molecule has 0 aliphatic heterocycles. The zero-order valence-electron chi connectivity index (χ0n) is 8.57. The van der Waals surface area contributed by atoms with Gasteiger partial charge >= 0.3 is 0 Å². The van der Waals surface area contributed by atoms with Crippen LogP contribution in [0, 0.1) is 17.2 Å². The van der Waals surface area contributed by atoms with Crippen LogP contribution in [0.3, 0.4) is 0 Å². The Morgan fingerprint density at radius 3 is 2.87 bits per heavy atom. The molecular weight excluding hydrogens is 256 g/mol. The van der Waals surface area contributed by atoms with Gasteiger partial charge in [0.25, 0.3) is 0 Å². The van der Waals surface area contributed by atoms with Crippen molar-refractivity contribution in [3.63, 3.8) is 0 Å². The highest BCUT2D eigenvalue weighted by Crippen LogP contribution is 2.46. The molecule has 0 saturated heterocycles. The van der Waals surface area contributed by atoms with E-state index in [1.54, 1.807) is 0 Å². The lowest BCUT2D eigenvalue weighted by Gasteiger charge is -2.45. The van der Waals surface area contributed by atoms with Crippen molar-refractivity contribution in [1.29, 1.82) is 5.26 Å². The Bertz CT molecular complexity index is 392. The van der Waals surface area contributed by atoms with Crippen molar-refractivity contribution >= 4 is 21.7 Å². The average molecular weight is 269 g/mol. The molecule has 2 N–H and O–H groups in total. The fourth-order valence-electron chi connectivity index (χ4n) is 2.41. The fraction of sp³-hybridized carbons (Fsp3) is 0.600. The maximum Gasteiger partial charge on any atom is 0.159 e. The van der Waals surface area contributed by atoms with E-state index in [-0.39, 0.29) is 5.54 Å². The molecule has 1 heterocycles. The van der Waals surface area contributed by atoms with Gasteiger partial charge in [-0.3, -0.25) is 4.68 Å². The largest absolute Gasteiger partial charge is 0.381 e. The number of nitrogens with zero attached hydrogens (tertiary/aromatic N) is 3. The summed E-state index contributed by atoms with van der Waals surface area (Å²) in [6.45, 7) is 2.19. The standard InChI is InChI=1S/C10H13BrN4/c1-7-4-10(5-7,2-3-12)15-6-8(11)9(13)14-15/h6-7H,2,4-5H2,1H3,(H2,13,14). The second-order valence-electron chi connectivity index (χ2n) is 4.38. The molecule has 1 aromatic rings. The highest BCUT2D eigenvalue weighted by Gasteiger charge is 2.44. The van der Waals surface area contributed by atoms with E-state index in [9.17, 15) is 0 Å². The number of rotatable bonds is 2. The zero-order chi connectivity index (χ0) is 11.1. The maximum atomic E-state index is 8.86. The summed E-state index contributed by atoms with van der Waals surface area (Å²) in [4.78, 5) is 0. The monoisotopic (exact) mass is 268 g/mol. The number of aromatic nitrogens is 2. The molecule has 0 amide bonds. The number of hydrogen-bond acceptors (Lipinski definition) is 3. The van der Waals surface area contributed by atoms with E-state index in [1.165, 1.54) is 0 Å². The summed E-state index contributed by atoms with van der Waals surface area (Å²) in [6.07, 6.45) is 4.39. The molecule has 5 heteroatoms. The van der Waals surface area contributed by atoms with Gasteiger partial charge in [0.2, 0.25) is 0 Å². The van der Waals surface area contributed by atoms with Crippen LogP contribution in [0.2, 0.25) is 0 Å². The minimum absolute atomic E-state index is 0.117. The summed E-state index contributed by atoms with van der Waals surface area (Å²) in [6, 6.07) is 2.24. The van der Waals surface area contributed by atoms with Gasteiger partial charge in [-0.25, -0.2) is 0 Å². The van der Waals surface area contributed by atoms with Crippen LogP contribution in [-0.2, 0) is 5.54 Å². The molecule has 1 aliphatic carbocycles. The number of halogens is 1. The van der Waals surface area contributed by atoms with E-state index >= 15 is 0 Å². The first-order chi connectivity index (χ1) is 7.07. The first-order valence-electron chi connectivity index (χ1n) is 4.95. The van der Waals surface area contributed by atoms with E-state index in [1.807, 2.05) is 10.9 Å². The van der Waals surface area contributed by atoms with E-state index in [2.05, 4.69) is 34.0 Å². The second kappa shape index (κ2) is 3.53. The Hall–Kier alpha value is -1.02. The van der Waals surface area contributed by atoms with E-state index < -0.39 is 0 Å². The third kappa shape index (κ3) is 1.63. The maximum absolute atomic E-state index is 8.86. The van der Waals surface area contributed by atoms with Crippen LogP contribution >= 0.6 is 15.9 Å². The van der Waals surface area contributed by atoms with Crippen LogP contribution in [0.25, 0.3) is 0 Å². The van der Waals surface area contributed by atoms with Crippen molar-refractivity contribution in [2.75, 3.05) is 5.73 Å². The van der Waals surface area contributed by atoms with Crippen molar-refractivity contribution in [2.45, 2.75) is 31.7 Å². The van der Waals surface area contributed by atoms with Crippen LogP contribution in [0.4, 0.5) is 5.82 Å². The van der Waals surface area contributed by atoms with Gasteiger partial charge in [-0.2, -0.15) is 10.4 Å². The van der Waals surface area contributed by atoms with E-state index in [4.69, 9.17) is 11.0 Å². The SMILES string of the molecule is CC1CC(CC#N)(n2cc(Br)c(N)n2)C1. The summed E-state index contributed by atoms with van der Waals surface area (Å²) < 4.78 is 2.66. The minimum atomic E-state index is -0.117. The van der Waals surface area contributed by atoms with E-state index in [0.29, 0.717) is 18.2 Å². The molecule has 80 valence electrons. The smallest absolute Gasteiger partial charge is 0.159 e. The number of nitrogens with two attached hydrogens (primary N) is 1. The molecule has 1 fully saturated rings. The number of nitriles is 1. The van der Waals surface area contributed by atoms with Crippen molar-refractivity contribution < 1.29 is 0 Å². The molecular formula is C10H13BrN4. The Balaban J connectivity index is 2.30. The van der Waals surface area contributed by atoms with Gasteiger partial charge in [-0.1, -0.05) is 6.92 Å². The third-order valence-corrected chi connectivity index (χ3v) is 3.66. The Labute approximate surface area is 97.2 Å². The molecule has 0 spiro atoms. The summed E-state index contributed by atoms with van der Waals surface area (Å²) in [5, 5.41) is 13.1. The molecule has 0 bridgehead atoms. The predicted octanol–water partition coefficient (Wildman–Crippen LogP) is 2.27. The first kappa shape index (κ1) is 10.5. The Morgan fingerprint density at radius 2 is 2.47 bits per heavy atom. The lowest BCUT2D eigenvalue weighted by atomic mass is 9.68. The minimum Gasteiger partial charge on any atom is -0.381 e. The van der Waals surface area contributed by atoms with Gasteiger partial charge in [-0.15, -0.1) is 0 Å². The van der Waals surface area contributed by atoms with Crippen LogP contribution in [0.15, 0.2) is 10.7 Å². The van der Waals surface area contributed by atoms with Crippen molar-refractivity contribution in [3.8, 4) is 6.07 Å². The van der Waals surface area contributed by atoms with Gasteiger partial charge in [-0.05, 0) is 34.7 Å². The molecule has 1 aliphatic rings. The highest BCUT2D eigenvalue weighted by atomic mass is 79.9. The topological polar surface area (TPSA) is 67.6 Å². The van der Waals surface area contributed by atoms with Crippen LogP contribution in [0.1, 0.15) is 26.2 Å². The second-order valence-corrected chi connectivity index (χ2v) is 5.23. The molecule has 1 saturated carbocycles. The lowest BCUT2D eigenvalue weighted by Crippen LogP contribution is -2.45. The van der Waals surface area contributed by atoms with Crippen LogP contribution in [0.5, 0.6) is 0 Å². The first-order valence-corrected chi connectivity index (χ1v) is 5.75. The molecule has 1 aromatic heterocycles. The zero-order valence-corrected chi connectivity index (χ0v) is 10.2. The summed E-state index contributed by atoms with van der Waals surface area (Å²) in [5.74, 6) is 1.16. The molecule has 0 aromatic carbocycles. The molecule has 0 atom stereocenters. The van der Waals surface area contributed by atoms with E-state index in [0.717, 1.165) is 17.3 Å². The number of hydrogen-bond donors (Lipinski definition) is 1. The summed E-state index contributed by atoms with van der Waals surface area (Å²) >= 11 is 3.34. The summed E-state index contributed by atoms with van der Waals surface area (Å²) in [5.41, 5.74) is 5.57. The quantitative estimate of drug-likeness (QED) is 0.895. The average Bonchev–Trinajstić information content (AvgIpc) is 2.44. The van der Waals surface area contributed by atoms with Crippen molar-refractivity contribution in [2.24, 2.45) is 5.92 Å². The molecule has 2 rings (SSSR count). The van der Waals surface area contributed by atoms with Gasteiger partial charge in [0.15, 0.2) is 5.82 Å². The van der Waals surface area contributed by atoms with Crippen LogP contribution in [-0.4, -0.2) is 9.78 Å². The molecule has 0 unspecified atom stereocenters. The third-order valence-electron chi connectivity index (χ3n) is 3.05. The van der Waals surface area contributed by atoms with Crippen molar-refractivity contribution in [1.82, 2.24) is 9.78 Å². The Morgan fingerprint density at radius 1 is 1.80 bits per heavy atom. The van der Waals surface area contributed by atoms with Gasteiger partial charge in [0, 0.05) is 6.20 Å². The van der Waals surface area contributed by atoms with Gasteiger partial charge in [0.1, 0.15) is 0 Å². The fourth-order valence-corrected chi connectivity index (χ4v) is 2.68. The number of nitrogen functional groups attached to an aromatic ring is 1. The highest BCUT2D eigenvalue weighted by molar-refractivity contribution is 9.10. The molecule has 0 radical (unpaired) electrons. The normalized spacial score (nSPS) is 29.5. The molecule has 15 heavy (non-hydrogen) atoms. The van der Waals surface area contributed by atoms with Crippen LogP contribution < -0.4 is 5.73 Å². The predicted molar refractivity (Wildman–Crippen MR) is 60.9 cm³/mol. The summed E-state index contributed by atoms with van der Waals surface area (Å²) in [7, 11) is 0. The van der Waals surface area contributed by atoms with Crippen molar-refractivity contribution in [3.05, 3.63) is 10.7 Å². The number of anilines is 1. The van der Waals surface area contributed by atoms with Gasteiger partial charge < -0.3 is 5.73 Å².